The maximum Gasteiger partial charge on any atom is 0.244 e. The molecule has 1 aliphatic rings. The summed E-state index contributed by atoms with van der Waals surface area (Å²) in [6, 6.07) is 1.75. The minimum atomic E-state index is -3.38. The molecule has 1 fully saturated rings. The summed E-state index contributed by atoms with van der Waals surface area (Å²) in [5, 5.41) is 9.18. The molecule has 0 bridgehead atoms. The third kappa shape index (κ3) is 2.61. The first-order chi connectivity index (χ1) is 8.45. The summed E-state index contributed by atoms with van der Waals surface area (Å²) >= 11 is 1.51. The number of aryl methyl sites for hydroxylation is 2. The Morgan fingerprint density at radius 2 is 2.22 bits per heavy atom. The molecule has 2 rings (SSSR count). The van der Waals surface area contributed by atoms with Gasteiger partial charge in [0.1, 0.15) is 0 Å². The van der Waals surface area contributed by atoms with Crippen LogP contribution in [0.2, 0.25) is 0 Å². The zero-order chi connectivity index (χ0) is 13.3. The van der Waals surface area contributed by atoms with E-state index in [1.54, 1.807) is 6.07 Å². The van der Waals surface area contributed by atoms with Gasteiger partial charge in [0.25, 0.3) is 0 Å². The van der Waals surface area contributed by atoms with Crippen molar-refractivity contribution in [2.75, 3.05) is 19.7 Å². The van der Waals surface area contributed by atoms with Gasteiger partial charge in [0.15, 0.2) is 0 Å². The van der Waals surface area contributed by atoms with Crippen molar-refractivity contribution >= 4 is 21.4 Å². The van der Waals surface area contributed by atoms with Crippen LogP contribution in [0, 0.1) is 19.8 Å². The molecular weight excluding hydrogens is 270 g/mol. The number of aliphatic hydroxyl groups excluding tert-OH is 1. The molecule has 18 heavy (non-hydrogen) atoms. The van der Waals surface area contributed by atoms with Crippen molar-refractivity contribution in [3.63, 3.8) is 0 Å². The van der Waals surface area contributed by atoms with Gasteiger partial charge in [0, 0.05) is 29.5 Å². The molecule has 102 valence electrons. The highest BCUT2D eigenvalue weighted by Crippen LogP contribution is 2.30. The molecule has 6 heteroatoms. The van der Waals surface area contributed by atoms with Crippen molar-refractivity contribution < 1.29 is 13.5 Å². The average Bonchev–Trinajstić information content (AvgIpc) is 2.69. The van der Waals surface area contributed by atoms with Gasteiger partial charge in [0.05, 0.1) is 4.90 Å². The summed E-state index contributed by atoms with van der Waals surface area (Å²) < 4.78 is 26.6. The summed E-state index contributed by atoms with van der Waals surface area (Å²) in [6.45, 7) is 4.83. The number of nitrogens with zero attached hydrogens (tertiary/aromatic N) is 1. The lowest BCUT2D eigenvalue weighted by molar-refractivity contribution is 0.165. The third-order valence-electron chi connectivity index (χ3n) is 3.35. The highest BCUT2D eigenvalue weighted by Gasteiger charge is 2.31. The van der Waals surface area contributed by atoms with Gasteiger partial charge in [-0.25, -0.2) is 8.42 Å². The minimum Gasteiger partial charge on any atom is -0.396 e. The van der Waals surface area contributed by atoms with Crippen molar-refractivity contribution in [1.29, 1.82) is 0 Å². The van der Waals surface area contributed by atoms with E-state index in [0.717, 1.165) is 22.6 Å². The summed E-state index contributed by atoms with van der Waals surface area (Å²) in [4.78, 5) is 2.30. The third-order valence-corrected chi connectivity index (χ3v) is 6.44. The fourth-order valence-corrected chi connectivity index (χ4v) is 5.48. The molecule has 2 heterocycles. The largest absolute Gasteiger partial charge is 0.396 e. The van der Waals surface area contributed by atoms with E-state index >= 15 is 0 Å². The van der Waals surface area contributed by atoms with Crippen LogP contribution in [0.25, 0.3) is 0 Å². The lowest BCUT2D eigenvalue weighted by Crippen LogP contribution is -2.40. The van der Waals surface area contributed by atoms with E-state index in [2.05, 4.69) is 0 Å². The van der Waals surface area contributed by atoms with Crippen LogP contribution in [0.1, 0.15) is 22.6 Å². The van der Waals surface area contributed by atoms with Crippen molar-refractivity contribution in [2.24, 2.45) is 5.92 Å². The fraction of sp³-hybridized carbons (Fsp3) is 0.667. The smallest absolute Gasteiger partial charge is 0.244 e. The Bertz CT molecular complexity index is 521. The SMILES string of the molecule is Cc1cc(S(=O)(=O)N2CCCC(CO)C2)c(C)s1. The Kier molecular flexibility index (Phi) is 4.11. The minimum absolute atomic E-state index is 0.0632. The van der Waals surface area contributed by atoms with Crippen molar-refractivity contribution in [3.8, 4) is 0 Å². The highest BCUT2D eigenvalue weighted by atomic mass is 32.2. The maximum absolute atomic E-state index is 12.5. The molecular formula is C12H19NO3S2. The van der Waals surface area contributed by atoms with Gasteiger partial charge in [-0.05, 0) is 38.7 Å². The van der Waals surface area contributed by atoms with Gasteiger partial charge in [-0.1, -0.05) is 0 Å². The molecule has 1 atom stereocenters. The van der Waals surface area contributed by atoms with Gasteiger partial charge in [-0.3, -0.25) is 0 Å². The summed E-state index contributed by atoms with van der Waals surface area (Å²) in [5.41, 5.74) is 0. The first kappa shape index (κ1) is 14.0. The number of aliphatic hydroxyl groups is 1. The number of sulfonamides is 1. The number of hydrogen-bond acceptors (Lipinski definition) is 4. The topological polar surface area (TPSA) is 57.6 Å². The lowest BCUT2D eigenvalue weighted by atomic mass is 10.0. The number of piperidine rings is 1. The predicted molar refractivity (Wildman–Crippen MR) is 72.4 cm³/mol. The summed E-state index contributed by atoms with van der Waals surface area (Å²) in [5.74, 6) is 0.0774. The Morgan fingerprint density at radius 1 is 1.50 bits per heavy atom. The zero-order valence-corrected chi connectivity index (χ0v) is 12.4. The number of thiophene rings is 1. The van der Waals surface area contributed by atoms with E-state index in [1.165, 1.54) is 15.6 Å². The monoisotopic (exact) mass is 289 g/mol. The lowest BCUT2D eigenvalue weighted by Gasteiger charge is -2.30. The van der Waals surface area contributed by atoms with E-state index in [-0.39, 0.29) is 12.5 Å². The van der Waals surface area contributed by atoms with E-state index in [0.29, 0.717) is 18.0 Å². The fourth-order valence-electron chi connectivity index (χ4n) is 2.40. The predicted octanol–water partition coefficient (Wildman–Crippen LogP) is 1.76. The number of rotatable bonds is 3. The molecule has 4 nitrogen and oxygen atoms in total. The van der Waals surface area contributed by atoms with Crippen molar-refractivity contribution in [3.05, 3.63) is 15.8 Å². The van der Waals surface area contributed by atoms with Crippen LogP contribution < -0.4 is 0 Å². The standard InChI is InChI=1S/C12H19NO3S2/c1-9-6-12(10(2)17-9)18(15,16)13-5-3-4-11(7-13)8-14/h6,11,14H,3-5,7-8H2,1-2H3. The van der Waals surface area contributed by atoms with Crippen molar-refractivity contribution in [1.82, 2.24) is 4.31 Å². The first-order valence-electron chi connectivity index (χ1n) is 6.13. The zero-order valence-electron chi connectivity index (χ0n) is 10.7. The summed E-state index contributed by atoms with van der Waals surface area (Å²) in [7, 11) is -3.38. The molecule has 1 N–H and O–H groups in total. The molecule has 0 aliphatic carbocycles. The molecule has 1 unspecified atom stereocenters. The quantitative estimate of drug-likeness (QED) is 0.922. The normalized spacial score (nSPS) is 22.3. The Labute approximate surface area is 112 Å². The molecule has 1 saturated heterocycles. The van der Waals surface area contributed by atoms with E-state index in [1.807, 2.05) is 13.8 Å². The molecule has 1 aliphatic heterocycles. The average molecular weight is 289 g/mol. The maximum atomic E-state index is 12.5. The second-order valence-corrected chi connectivity index (χ2v) is 8.20. The molecule has 0 amide bonds. The van der Waals surface area contributed by atoms with Gasteiger partial charge < -0.3 is 5.11 Å². The van der Waals surface area contributed by atoms with Crippen LogP contribution in [0.5, 0.6) is 0 Å². The Balaban J connectivity index is 2.28. The number of hydrogen-bond donors (Lipinski definition) is 1. The molecule has 0 aromatic carbocycles. The second-order valence-electron chi connectivity index (χ2n) is 4.83. The first-order valence-corrected chi connectivity index (χ1v) is 8.39. The molecule has 1 aromatic heterocycles. The van der Waals surface area contributed by atoms with Crippen LogP contribution in [-0.4, -0.2) is 37.5 Å². The molecule has 1 aromatic rings. The molecule has 0 spiro atoms. The highest BCUT2D eigenvalue weighted by molar-refractivity contribution is 7.89. The molecule has 0 radical (unpaired) electrons. The summed E-state index contributed by atoms with van der Waals surface area (Å²) in [6.07, 6.45) is 1.73. The van der Waals surface area contributed by atoms with Crippen LogP contribution in [-0.2, 0) is 10.0 Å². The van der Waals surface area contributed by atoms with Crippen LogP contribution >= 0.6 is 11.3 Å². The van der Waals surface area contributed by atoms with Crippen LogP contribution in [0.4, 0.5) is 0 Å². The van der Waals surface area contributed by atoms with E-state index in [9.17, 15) is 13.5 Å². The van der Waals surface area contributed by atoms with Crippen LogP contribution in [0.3, 0.4) is 0 Å². The van der Waals surface area contributed by atoms with Crippen molar-refractivity contribution in [2.45, 2.75) is 31.6 Å². The van der Waals surface area contributed by atoms with Gasteiger partial charge in [-0.2, -0.15) is 4.31 Å². The Morgan fingerprint density at radius 3 is 2.78 bits per heavy atom. The Hall–Kier alpha value is -0.430. The molecule has 0 saturated carbocycles. The van der Waals surface area contributed by atoms with E-state index in [4.69, 9.17) is 0 Å². The second kappa shape index (κ2) is 5.28. The van der Waals surface area contributed by atoms with Crippen LogP contribution in [0.15, 0.2) is 11.0 Å². The van der Waals surface area contributed by atoms with Gasteiger partial charge >= 0.3 is 0 Å². The van der Waals surface area contributed by atoms with E-state index < -0.39 is 10.0 Å². The van der Waals surface area contributed by atoms with Gasteiger partial charge in [0.2, 0.25) is 10.0 Å². The van der Waals surface area contributed by atoms with Gasteiger partial charge in [-0.15, -0.1) is 11.3 Å².